The predicted octanol–water partition coefficient (Wildman–Crippen LogP) is 3.34. The Morgan fingerprint density at radius 1 is 1.24 bits per heavy atom. The van der Waals surface area contributed by atoms with E-state index < -0.39 is 5.97 Å². The van der Waals surface area contributed by atoms with Crippen molar-refractivity contribution in [3.05, 3.63) is 58.9 Å². The maximum absolute atomic E-state index is 12.9. The first-order chi connectivity index (χ1) is 12.1. The van der Waals surface area contributed by atoms with Gasteiger partial charge in [-0.3, -0.25) is 4.79 Å². The molecule has 0 aliphatic heterocycles. The van der Waals surface area contributed by atoms with Gasteiger partial charge < -0.3 is 14.6 Å². The van der Waals surface area contributed by atoms with E-state index in [0.717, 1.165) is 15.8 Å². The number of fused-ring (bicyclic) bond motifs is 1. The normalized spacial score (nSPS) is 10.8. The van der Waals surface area contributed by atoms with Gasteiger partial charge in [0.25, 0.3) is 0 Å². The fraction of sp³-hybridized carbons (Fsp3) is 0.222. The van der Waals surface area contributed by atoms with E-state index in [1.807, 2.05) is 11.4 Å². The summed E-state index contributed by atoms with van der Waals surface area (Å²) < 4.78 is 19.6. The summed E-state index contributed by atoms with van der Waals surface area (Å²) in [6.07, 6.45) is 0. The summed E-state index contributed by atoms with van der Waals surface area (Å²) in [6, 6.07) is 9.56. The van der Waals surface area contributed by atoms with Crippen molar-refractivity contribution < 1.29 is 18.7 Å². The molecule has 25 heavy (non-hydrogen) atoms. The zero-order valence-corrected chi connectivity index (χ0v) is 14.4. The van der Waals surface area contributed by atoms with Crippen LogP contribution in [-0.2, 0) is 22.6 Å². The maximum Gasteiger partial charge on any atom is 0.355 e. The smallest absolute Gasteiger partial charge is 0.355 e. The number of nitrogens with zero attached hydrogens (tertiary/aromatic N) is 1. The summed E-state index contributed by atoms with van der Waals surface area (Å²) in [4.78, 5) is 25.3. The van der Waals surface area contributed by atoms with Gasteiger partial charge in [0.1, 0.15) is 22.9 Å². The predicted molar refractivity (Wildman–Crippen MR) is 94.0 cm³/mol. The first-order valence-electron chi connectivity index (χ1n) is 7.83. The number of hydrogen-bond acceptors (Lipinski definition) is 4. The van der Waals surface area contributed by atoms with E-state index in [0.29, 0.717) is 12.2 Å². The fourth-order valence-corrected chi connectivity index (χ4v) is 3.41. The largest absolute Gasteiger partial charge is 0.461 e. The molecule has 0 atom stereocenters. The van der Waals surface area contributed by atoms with Crippen LogP contribution >= 0.6 is 11.3 Å². The van der Waals surface area contributed by atoms with Crippen LogP contribution in [0.25, 0.3) is 10.2 Å². The highest BCUT2D eigenvalue weighted by atomic mass is 32.1. The van der Waals surface area contributed by atoms with Crippen molar-refractivity contribution in [2.45, 2.75) is 20.0 Å². The molecule has 130 valence electrons. The monoisotopic (exact) mass is 360 g/mol. The van der Waals surface area contributed by atoms with Gasteiger partial charge in [0.2, 0.25) is 5.91 Å². The Hall–Kier alpha value is -2.67. The molecule has 2 aromatic heterocycles. The molecule has 0 aliphatic carbocycles. The van der Waals surface area contributed by atoms with E-state index in [-0.39, 0.29) is 24.9 Å². The number of benzene rings is 1. The molecule has 1 amide bonds. The number of amides is 1. The Morgan fingerprint density at radius 2 is 2.00 bits per heavy atom. The second-order valence-corrected chi connectivity index (χ2v) is 6.32. The summed E-state index contributed by atoms with van der Waals surface area (Å²) >= 11 is 1.46. The number of thiophene rings is 1. The van der Waals surface area contributed by atoms with Crippen molar-refractivity contribution >= 4 is 33.4 Å². The van der Waals surface area contributed by atoms with E-state index in [2.05, 4.69) is 5.32 Å². The number of ether oxygens (including phenoxy) is 1. The highest BCUT2D eigenvalue weighted by Gasteiger charge is 2.19. The molecule has 1 N–H and O–H groups in total. The third-order valence-corrected chi connectivity index (χ3v) is 4.64. The number of carbonyl (C=O) groups excluding carboxylic acids is 2. The van der Waals surface area contributed by atoms with Crippen molar-refractivity contribution in [2.75, 3.05) is 6.61 Å². The lowest BCUT2D eigenvalue weighted by atomic mass is 10.2. The second-order valence-electron chi connectivity index (χ2n) is 5.42. The van der Waals surface area contributed by atoms with E-state index in [1.54, 1.807) is 29.7 Å². The van der Waals surface area contributed by atoms with Gasteiger partial charge in [0.05, 0.1) is 6.61 Å². The molecule has 0 aliphatic rings. The van der Waals surface area contributed by atoms with Crippen LogP contribution < -0.4 is 5.32 Å². The Morgan fingerprint density at radius 3 is 2.72 bits per heavy atom. The Bertz CT molecular complexity index is 899. The van der Waals surface area contributed by atoms with Crippen LogP contribution in [-0.4, -0.2) is 23.1 Å². The molecule has 0 radical (unpaired) electrons. The third kappa shape index (κ3) is 3.88. The first-order valence-corrected chi connectivity index (χ1v) is 8.71. The number of carbonyl (C=O) groups is 2. The number of aromatic nitrogens is 1. The van der Waals surface area contributed by atoms with Gasteiger partial charge in [0, 0.05) is 11.9 Å². The zero-order chi connectivity index (χ0) is 17.8. The highest BCUT2D eigenvalue weighted by Crippen LogP contribution is 2.25. The zero-order valence-electron chi connectivity index (χ0n) is 13.6. The minimum absolute atomic E-state index is 0.0132. The molecule has 0 unspecified atom stereocenters. The Balaban J connectivity index is 1.73. The van der Waals surface area contributed by atoms with Crippen LogP contribution in [0.5, 0.6) is 0 Å². The topological polar surface area (TPSA) is 60.3 Å². The van der Waals surface area contributed by atoms with Gasteiger partial charge in [-0.25, -0.2) is 9.18 Å². The molecule has 3 aromatic rings. The minimum atomic E-state index is -0.447. The van der Waals surface area contributed by atoms with Crippen LogP contribution in [0.4, 0.5) is 4.39 Å². The van der Waals surface area contributed by atoms with E-state index in [4.69, 9.17) is 4.74 Å². The van der Waals surface area contributed by atoms with Crippen LogP contribution in [0.2, 0.25) is 0 Å². The van der Waals surface area contributed by atoms with E-state index >= 15 is 0 Å². The molecule has 5 nitrogen and oxygen atoms in total. The number of halogens is 1. The molecular formula is C18H17FN2O3S. The number of esters is 1. The Labute approximate surface area is 148 Å². The molecule has 0 saturated carbocycles. The van der Waals surface area contributed by atoms with Crippen LogP contribution in [0, 0.1) is 5.82 Å². The summed E-state index contributed by atoms with van der Waals surface area (Å²) in [7, 11) is 0. The molecule has 0 fully saturated rings. The lowest BCUT2D eigenvalue weighted by molar-refractivity contribution is -0.121. The van der Waals surface area contributed by atoms with Crippen molar-refractivity contribution in [1.82, 2.24) is 9.88 Å². The Kier molecular flexibility index (Phi) is 5.14. The molecular weight excluding hydrogens is 343 g/mol. The first kappa shape index (κ1) is 17.2. The molecule has 7 heteroatoms. The minimum Gasteiger partial charge on any atom is -0.461 e. The maximum atomic E-state index is 12.9. The lowest BCUT2D eigenvalue weighted by Gasteiger charge is -2.10. The van der Waals surface area contributed by atoms with Crippen molar-refractivity contribution in [3.8, 4) is 0 Å². The second kappa shape index (κ2) is 7.48. The van der Waals surface area contributed by atoms with Crippen LogP contribution in [0.1, 0.15) is 23.0 Å². The molecule has 3 rings (SSSR count). The molecule has 1 aromatic carbocycles. The van der Waals surface area contributed by atoms with E-state index in [1.165, 1.54) is 23.5 Å². The van der Waals surface area contributed by atoms with Crippen LogP contribution in [0.15, 0.2) is 41.8 Å². The third-order valence-electron chi connectivity index (χ3n) is 3.69. The van der Waals surface area contributed by atoms with Crippen molar-refractivity contribution in [2.24, 2.45) is 0 Å². The van der Waals surface area contributed by atoms with Gasteiger partial charge >= 0.3 is 5.97 Å². The molecule has 2 heterocycles. The van der Waals surface area contributed by atoms with Crippen LogP contribution in [0.3, 0.4) is 0 Å². The molecule has 0 bridgehead atoms. The van der Waals surface area contributed by atoms with Gasteiger partial charge in [-0.05, 0) is 42.1 Å². The van der Waals surface area contributed by atoms with Gasteiger partial charge in [-0.15, -0.1) is 11.3 Å². The quantitative estimate of drug-likeness (QED) is 0.686. The average molecular weight is 360 g/mol. The average Bonchev–Trinajstić information content (AvgIpc) is 3.17. The SMILES string of the molecule is CCOC(=O)c1cc2ccsc2n1CC(=O)NCc1ccc(F)cc1. The fourth-order valence-electron chi connectivity index (χ4n) is 2.51. The molecule has 0 spiro atoms. The lowest BCUT2D eigenvalue weighted by Crippen LogP contribution is -2.28. The number of rotatable bonds is 6. The standard InChI is InChI=1S/C18H17FN2O3S/c1-2-24-18(23)15-9-13-7-8-25-17(13)21(15)11-16(22)20-10-12-3-5-14(19)6-4-12/h3-9H,2,10-11H2,1H3,(H,20,22). The van der Waals surface area contributed by atoms with Gasteiger partial charge in [0.15, 0.2) is 0 Å². The number of nitrogens with one attached hydrogen (secondary N) is 1. The van der Waals surface area contributed by atoms with Gasteiger partial charge in [-0.1, -0.05) is 12.1 Å². The summed E-state index contributed by atoms with van der Waals surface area (Å²) in [6.45, 7) is 2.32. The van der Waals surface area contributed by atoms with Crippen molar-refractivity contribution in [1.29, 1.82) is 0 Å². The molecule has 0 saturated heterocycles. The summed E-state index contributed by atoms with van der Waals surface area (Å²) in [5, 5.41) is 5.59. The highest BCUT2D eigenvalue weighted by molar-refractivity contribution is 7.16. The summed E-state index contributed by atoms with van der Waals surface area (Å²) in [5.74, 6) is -1.00. The van der Waals surface area contributed by atoms with E-state index in [9.17, 15) is 14.0 Å². The van der Waals surface area contributed by atoms with Gasteiger partial charge in [-0.2, -0.15) is 0 Å². The van der Waals surface area contributed by atoms with Crippen molar-refractivity contribution in [3.63, 3.8) is 0 Å². The number of hydrogen-bond donors (Lipinski definition) is 1. The summed E-state index contributed by atoms with van der Waals surface area (Å²) in [5.41, 5.74) is 1.16.